The van der Waals surface area contributed by atoms with Crippen molar-refractivity contribution in [2.75, 3.05) is 17.7 Å². The van der Waals surface area contributed by atoms with Gasteiger partial charge in [0.2, 0.25) is 5.91 Å². The molecule has 0 atom stereocenters. The fraction of sp³-hybridized carbons (Fsp3) is 0.100. The molecule has 6 heteroatoms. The molecule has 3 rings (SSSR count). The zero-order valence-corrected chi connectivity index (χ0v) is 14.3. The zero-order valence-electron chi connectivity index (χ0n) is 14.3. The van der Waals surface area contributed by atoms with Gasteiger partial charge in [-0.2, -0.15) is 0 Å². The van der Waals surface area contributed by atoms with Crippen LogP contribution >= 0.6 is 0 Å². The van der Waals surface area contributed by atoms with Crippen molar-refractivity contribution in [2.24, 2.45) is 0 Å². The lowest BCUT2D eigenvalue weighted by molar-refractivity contribution is -0.116. The number of rotatable bonds is 6. The number of ether oxygens (including phenoxy) is 1. The van der Waals surface area contributed by atoms with Gasteiger partial charge in [0.05, 0.1) is 7.11 Å². The largest absolute Gasteiger partial charge is 0.491 e. The molecule has 0 saturated heterocycles. The van der Waals surface area contributed by atoms with Crippen LogP contribution in [0, 0.1) is 0 Å². The van der Waals surface area contributed by atoms with E-state index >= 15 is 0 Å². The Hall–Kier alpha value is -3.54. The predicted octanol–water partition coefficient (Wildman–Crippen LogP) is 3.24. The van der Waals surface area contributed by atoms with E-state index in [0.29, 0.717) is 5.69 Å². The van der Waals surface area contributed by atoms with Crippen LogP contribution in [0.1, 0.15) is 0 Å². The number of carbonyl (C=O) groups is 1. The number of aromatic nitrogens is 1. The lowest BCUT2D eigenvalue weighted by Gasteiger charge is -2.10. The van der Waals surface area contributed by atoms with E-state index in [2.05, 4.69) is 10.6 Å². The molecule has 2 aromatic carbocycles. The van der Waals surface area contributed by atoms with Crippen LogP contribution in [0.4, 0.5) is 17.1 Å². The van der Waals surface area contributed by atoms with Crippen molar-refractivity contribution in [3.63, 3.8) is 0 Å². The molecular weight excluding hydrogens is 330 g/mol. The molecule has 0 bridgehead atoms. The summed E-state index contributed by atoms with van der Waals surface area (Å²) in [6, 6.07) is 20.4. The maximum atomic E-state index is 12.2. The Morgan fingerprint density at radius 3 is 2.27 bits per heavy atom. The number of hydrogen-bond donors (Lipinski definition) is 2. The van der Waals surface area contributed by atoms with Gasteiger partial charge in [0.15, 0.2) is 5.75 Å². The van der Waals surface area contributed by atoms with Gasteiger partial charge in [0, 0.05) is 23.3 Å². The van der Waals surface area contributed by atoms with Crippen molar-refractivity contribution in [1.29, 1.82) is 0 Å². The minimum Gasteiger partial charge on any atom is -0.491 e. The predicted molar refractivity (Wildman–Crippen MR) is 102 cm³/mol. The molecule has 0 radical (unpaired) electrons. The van der Waals surface area contributed by atoms with Gasteiger partial charge in [-0.25, -0.2) is 0 Å². The quantitative estimate of drug-likeness (QED) is 0.717. The van der Waals surface area contributed by atoms with Crippen molar-refractivity contribution in [3.8, 4) is 5.75 Å². The van der Waals surface area contributed by atoms with E-state index in [1.54, 1.807) is 30.5 Å². The molecule has 0 aliphatic carbocycles. The van der Waals surface area contributed by atoms with E-state index in [4.69, 9.17) is 4.74 Å². The molecule has 0 unspecified atom stereocenters. The minimum absolute atomic E-state index is 0.0833. The highest BCUT2D eigenvalue weighted by molar-refractivity contribution is 5.90. The second kappa shape index (κ2) is 8.02. The molecule has 1 amide bonds. The standard InChI is InChI=1S/C20H19N3O3/c1-26-18-8-5-13-23(20(18)25)14-19(24)22-17-11-9-16(10-12-17)21-15-6-3-2-4-7-15/h2-13,21H,14H2,1H3,(H,22,24). The molecule has 132 valence electrons. The van der Waals surface area contributed by atoms with E-state index in [0.717, 1.165) is 11.4 Å². The van der Waals surface area contributed by atoms with E-state index in [1.165, 1.54) is 11.7 Å². The van der Waals surface area contributed by atoms with Crippen molar-refractivity contribution in [1.82, 2.24) is 4.57 Å². The maximum Gasteiger partial charge on any atom is 0.293 e. The average Bonchev–Trinajstić information content (AvgIpc) is 2.66. The second-order valence-electron chi connectivity index (χ2n) is 5.63. The SMILES string of the molecule is COc1cccn(CC(=O)Nc2ccc(Nc3ccccc3)cc2)c1=O. The fourth-order valence-electron chi connectivity index (χ4n) is 2.47. The molecule has 0 aliphatic heterocycles. The Kier molecular flexibility index (Phi) is 5.34. The van der Waals surface area contributed by atoms with Gasteiger partial charge < -0.3 is 19.9 Å². The van der Waals surface area contributed by atoms with Crippen LogP contribution in [-0.2, 0) is 11.3 Å². The monoisotopic (exact) mass is 349 g/mol. The fourth-order valence-corrected chi connectivity index (χ4v) is 2.47. The molecule has 0 fully saturated rings. The summed E-state index contributed by atoms with van der Waals surface area (Å²) in [5.74, 6) is -0.0826. The first-order valence-electron chi connectivity index (χ1n) is 8.11. The topological polar surface area (TPSA) is 72.4 Å². The van der Waals surface area contributed by atoms with Crippen molar-refractivity contribution in [2.45, 2.75) is 6.54 Å². The maximum absolute atomic E-state index is 12.2. The summed E-state index contributed by atoms with van der Waals surface area (Å²) >= 11 is 0. The van der Waals surface area contributed by atoms with Gasteiger partial charge in [0.1, 0.15) is 6.54 Å². The van der Waals surface area contributed by atoms with Crippen molar-refractivity contribution >= 4 is 23.0 Å². The van der Waals surface area contributed by atoms with Crippen LogP contribution in [0.5, 0.6) is 5.75 Å². The Bertz CT molecular complexity index is 935. The third-order valence-corrected chi connectivity index (χ3v) is 3.75. The first-order valence-corrected chi connectivity index (χ1v) is 8.11. The van der Waals surface area contributed by atoms with Crippen LogP contribution in [0.15, 0.2) is 77.7 Å². The van der Waals surface area contributed by atoms with E-state index in [1.807, 2.05) is 42.5 Å². The van der Waals surface area contributed by atoms with Gasteiger partial charge >= 0.3 is 0 Å². The lowest BCUT2D eigenvalue weighted by atomic mass is 10.2. The summed E-state index contributed by atoms with van der Waals surface area (Å²) < 4.78 is 6.28. The van der Waals surface area contributed by atoms with Gasteiger partial charge in [-0.3, -0.25) is 9.59 Å². The van der Waals surface area contributed by atoms with Gasteiger partial charge in [-0.15, -0.1) is 0 Å². The molecular formula is C20H19N3O3. The molecule has 0 aliphatic rings. The molecule has 1 aromatic heterocycles. The van der Waals surface area contributed by atoms with Crippen LogP contribution < -0.4 is 20.9 Å². The lowest BCUT2D eigenvalue weighted by Crippen LogP contribution is -2.27. The number of benzene rings is 2. The van der Waals surface area contributed by atoms with Crippen LogP contribution in [0.2, 0.25) is 0 Å². The minimum atomic E-state index is -0.340. The molecule has 6 nitrogen and oxygen atoms in total. The van der Waals surface area contributed by atoms with Gasteiger partial charge in [-0.05, 0) is 48.5 Å². The third-order valence-electron chi connectivity index (χ3n) is 3.75. The second-order valence-corrected chi connectivity index (χ2v) is 5.63. The first-order chi connectivity index (χ1) is 12.7. The first kappa shape index (κ1) is 17.3. The molecule has 0 spiro atoms. The smallest absolute Gasteiger partial charge is 0.293 e. The van der Waals surface area contributed by atoms with Gasteiger partial charge in [0.25, 0.3) is 5.56 Å². The molecule has 26 heavy (non-hydrogen) atoms. The highest BCUT2D eigenvalue weighted by Crippen LogP contribution is 2.18. The van der Waals surface area contributed by atoms with E-state index in [9.17, 15) is 9.59 Å². The number of methoxy groups -OCH3 is 1. The van der Waals surface area contributed by atoms with E-state index < -0.39 is 0 Å². The Morgan fingerprint density at radius 2 is 1.58 bits per heavy atom. The van der Waals surface area contributed by atoms with Crippen molar-refractivity contribution in [3.05, 3.63) is 83.3 Å². The van der Waals surface area contributed by atoms with Crippen LogP contribution in [-0.4, -0.2) is 17.6 Å². The van der Waals surface area contributed by atoms with Crippen LogP contribution in [0.25, 0.3) is 0 Å². The summed E-state index contributed by atoms with van der Waals surface area (Å²) in [6.45, 7) is -0.0833. The number of amides is 1. The Morgan fingerprint density at radius 1 is 0.923 bits per heavy atom. The summed E-state index contributed by atoms with van der Waals surface area (Å²) in [5, 5.41) is 6.05. The number of carbonyl (C=O) groups excluding carboxylic acids is 1. The zero-order chi connectivity index (χ0) is 18.4. The third kappa shape index (κ3) is 4.30. The van der Waals surface area contributed by atoms with Crippen molar-refractivity contribution < 1.29 is 9.53 Å². The summed E-state index contributed by atoms with van der Waals surface area (Å²) in [4.78, 5) is 24.2. The summed E-state index contributed by atoms with van der Waals surface area (Å²) in [6.07, 6.45) is 1.55. The number of hydrogen-bond acceptors (Lipinski definition) is 4. The van der Waals surface area contributed by atoms with E-state index in [-0.39, 0.29) is 23.8 Å². The molecule has 0 saturated carbocycles. The highest BCUT2D eigenvalue weighted by Gasteiger charge is 2.08. The number of anilines is 3. The number of pyridine rings is 1. The molecule has 2 N–H and O–H groups in total. The Balaban J connectivity index is 1.62. The number of nitrogens with zero attached hydrogens (tertiary/aromatic N) is 1. The summed E-state index contributed by atoms with van der Waals surface area (Å²) in [5.41, 5.74) is 2.22. The van der Waals surface area contributed by atoms with Crippen LogP contribution in [0.3, 0.4) is 0 Å². The molecule has 1 heterocycles. The Labute approximate surface area is 151 Å². The highest BCUT2D eigenvalue weighted by atomic mass is 16.5. The molecule has 3 aromatic rings. The average molecular weight is 349 g/mol. The number of nitrogens with one attached hydrogen (secondary N) is 2. The normalized spacial score (nSPS) is 10.2. The number of para-hydroxylation sites is 1. The van der Waals surface area contributed by atoms with Gasteiger partial charge in [-0.1, -0.05) is 18.2 Å². The summed E-state index contributed by atoms with van der Waals surface area (Å²) in [7, 11) is 1.42.